The van der Waals surface area contributed by atoms with Gasteiger partial charge in [0, 0.05) is 51.7 Å². The first-order chi connectivity index (χ1) is 34.7. The number of ether oxygens (including phenoxy) is 12. The van der Waals surface area contributed by atoms with Crippen LogP contribution in [0, 0.1) is 29.6 Å². The molecule has 8 rings (SSSR count). The Kier molecular flexibility index (Phi) is 18.5. The Labute approximate surface area is 430 Å². The lowest BCUT2D eigenvalue weighted by molar-refractivity contribution is -0.353. The van der Waals surface area contributed by atoms with Gasteiger partial charge >= 0.3 is 5.97 Å². The highest BCUT2D eigenvalue weighted by Gasteiger charge is 2.62. The second kappa shape index (κ2) is 23.8. The van der Waals surface area contributed by atoms with Crippen molar-refractivity contribution in [2.24, 2.45) is 29.6 Å². The van der Waals surface area contributed by atoms with E-state index in [2.05, 4.69) is 32.9 Å². The van der Waals surface area contributed by atoms with Crippen molar-refractivity contribution in [3.63, 3.8) is 0 Å². The number of allylic oxidation sites excluding steroid dienone is 2. The number of aliphatic hydroxyl groups is 6. The first-order valence-corrected chi connectivity index (χ1v) is 26.7. The normalized spacial score (nSPS) is 51.0. The fraction of sp³-hybridized carbons (Fsp3) is 0.833. The average Bonchev–Trinajstić information content (AvgIpc) is 3.71. The molecule has 5 saturated heterocycles. The number of fused-ring (bicyclic) bond motifs is 2. The topological polar surface area (TPSA) is 249 Å². The molecule has 0 aromatic carbocycles. The maximum absolute atomic E-state index is 14.5. The van der Waals surface area contributed by atoms with Gasteiger partial charge in [0.15, 0.2) is 24.7 Å². The van der Waals surface area contributed by atoms with E-state index < -0.39 is 140 Å². The van der Waals surface area contributed by atoms with E-state index in [1.54, 1.807) is 20.1 Å². The third-order valence-corrected chi connectivity index (χ3v) is 17.0. The molecule has 0 amide bonds. The number of carbonyl (C=O) groups excluding carboxylic acids is 1. The van der Waals surface area contributed by atoms with Gasteiger partial charge in [0.05, 0.1) is 68.0 Å². The van der Waals surface area contributed by atoms with Crippen molar-refractivity contribution in [3.05, 3.63) is 47.6 Å². The molecule has 7 heterocycles. The summed E-state index contributed by atoms with van der Waals surface area (Å²) in [6, 6.07) is 0. The summed E-state index contributed by atoms with van der Waals surface area (Å²) in [7, 11) is 3.13. The van der Waals surface area contributed by atoms with Crippen LogP contribution in [0.15, 0.2) is 47.6 Å². The molecule has 0 radical (unpaired) electrons. The Morgan fingerprint density at radius 1 is 0.795 bits per heavy atom. The number of methoxy groups -OCH3 is 2. The van der Waals surface area contributed by atoms with E-state index >= 15 is 0 Å². The Hall–Kier alpha value is -2.25. The third kappa shape index (κ3) is 11.8. The molecule has 2 bridgehead atoms. The van der Waals surface area contributed by atoms with Crippen molar-refractivity contribution in [2.45, 2.75) is 228 Å². The fourth-order valence-electron chi connectivity index (χ4n) is 12.5. The zero-order valence-corrected chi connectivity index (χ0v) is 44.2. The van der Waals surface area contributed by atoms with Gasteiger partial charge in [-0.3, -0.25) is 4.79 Å². The molecule has 9 unspecified atom stereocenters. The molecule has 8 aliphatic rings. The van der Waals surface area contributed by atoms with Crippen LogP contribution >= 0.6 is 0 Å². The minimum absolute atomic E-state index is 0.0332. The van der Waals surface area contributed by atoms with E-state index in [4.69, 9.17) is 56.8 Å². The first-order valence-electron chi connectivity index (χ1n) is 26.7. The monoisotopic (exact) mass is 1040 g/mol. The van der Waals surface area contributed by atoms with Crippen LogP contribution in [0.2, 0.25) is 0 Å². The number of rotatable bonds is 11. The third-order valence-electron chi connectivity index (χ3n) is 17.0. The van der Waals surface area contributed by atoms with Gasteiger partial charge in [-0.2, -0.15) is 0 Å². The van der Waals surface area contributed by atoms with E-state index in [0.717, 1.165) is 12.0 Å². The van der Waals surface area contributed by atoms with Gasteiger partial charge in [0.25, 0.3) is 0 Å². The molecule has 6 fully saturated rings. The van der Waals surface area contributed by atoms with Crippen LogP contribution in [0.1, 0.15) is 100 Å². The number of hydrogen-bond acceptors (Lipinski definition) is 19. The molecule has 414 valence electrons. The SMILES string of the molecule is CC[C@H](C)[C@H]1OC2(C=CC1C)CC1CC(C/C=C(\C)C(O[C@H]3C[C@H](OC)[C@@H](O[C@H]4C[C@H](OC)[C@@H](O[C@H]5O[C@H](CO)[C@@H](O)[C@H](O)[C@H]5O)[C@H](C)O4)[C@H](C)O3)C(C)/C=C/C=C3\COC4C(O)C(C)C[C@@H](C(=O)O1)[C@]34O)O2. The Morgan fingerprint density at radius 3 is 2.12 bits per heavy atom. The smallest absolute Gasteiger partial charge is 0.312 e. The van der Waals surface area contributed by atoms with E-state index in [-0.39, 0.29) is 55.6 Å². The molecule has 1 spiro atoms. The second-order valence-electron chi connectivity index (χ2n) is 22.2. The molecular weight excluding hydrogens is 953 g/mol. The summed E-state index contributed by atoms with van der Waals surface area (Å²) in [5.41, 5.74) is -0.389. The van der Waals surface area contributed by atoms with Gasteiger partial charge in [-0.25, -0.2) is 0 Å². The van der Waals surface area contributed by atoms with Crippen molar-refractivity contribution in [1.29, 1.82) is 0 Å². The number of hydrogen-bond donors (Lipinski definition) is 6. The standard InChI is InChI=1S/C54H84O19/c1-11-26(2)47-29(5)17-18-53(73-47)23-35-20-34(72-53)16-15-28(4)46(27(3)13-12-14-33-25-64-50-42(56)30(6)19-36(51(60)67-35)54(33,50)61)69-40-21-37(62-9)48(31(7)65-40)70-41-22-38(63-10)49(32(8)66-41)71-52-45(59)44(58)43(57)39(24-55)68-52/h12-15,17-18,26-27,29-32,34-50,52,55-59,61H,11,16,19-25H2,1-10H3/b13-12+,28-15+,33-14+/t26-,27?,29?,30?,31-,32-,34?,35?,36-,37-,38-,39+,40-,41-,42?,43+,44-,45+,46?,47+,48-,49-,50?,52+,53?,54+/m0/s1. The summed E-state index contributed by atoms with van der Waals surface area (Å²) in [4.78, 5) is 14.5. The van der Waals surface area contributed by atoms with Crippen LogP contribution in [0.25, 0.3) is 0 Å². The number of carbonyl (C=O) groups is 1. The zero-order valence-electron chi connectivity index (χ0n) is 44.2. The van der Waals surface area contributed by atoms with Gasteiger partial charge in [0.2, 0.25) is 0 Å². The maximum Gasteiger partial charge on any atom is 0.312 e. The highest BCUT2D eigenvalue weighted by Crippen LogP contribution is 2.49. The lowest BCUT2D eigenvalue weighted by Crippen LogP contribution is -2.62. The van der Waals surface area contributed by atoms with Crippen molar-refractivity contribution in [1.82, 2.24) is 0 Å². The van der Waals surface area contributed by atoms with Crippen molar-refractivity contribution < 1.29 is 92.3 Å². The summed E-state index contributed by atoms with van der Waals surface area (Å²) in [5.74, 6) is -2.82. The van der Waals surface area contributed by atoms with Gasteiger partial charge in [-0.05, 0) is 62.7 Å². The number of aliphatic hydroxyl groups excluding tert-OH is 5. The predicted molar refractivity (Wildman–Crippen MR) is 260 cm³/mol. The van der Waals surface area contributed by atoms with Gasteiger partial charge in [0.1, 0.15) is 54.4 Å². The van der Waals surface area contributed by atoms with E-state index in [9.17, 15) is 35.4 Å². The second-order valence-corrected chi connectivity index (χ2v) is 22.2. The predicted octanol–water partition coefficient (Wildman–Crippen LogP) is 3.28. The molecule has 1 aliphatic carbocycles. The molecule has 0 aromatic heterocycles. The van der Waals surface area contributed by atoms with Crippen LogP contribution in [0.4, 0.5) is 0 Å². The number of esters is 1. The molecule has 7 aliphatic heterocycles. The van der Waals surface area contributed by atoms with Crippen LogP contribution < -0.4 is 0 Å². The highest BCUT2D eigenvalue weighted by molar-refractivity contribution is 5.76. The molecule has 19 nitrogen and oxygen atoms in total. The molecule has 26 atom stereocenters. The van der Waals surface area contributed by atoms with Crippen LogP contribution in [0.3, 0.4) is 0 Å². The van der Waals surface area contributed by atoms with Crippen molar-refractivity contribution in [2.75, 3.05) is 27.4 Å². The van der Waals surface area contributed by atoms with E-state index in [0.29, 0.717) is 24.8 Å². The van der Waals surface area contributed by atoms with E-state index in [1.807, 2.05) is 45.9 Å². The summed E-state index contributed by atoms with van der Waals surface area (Å²) in [5, 5.41) is 65.0. The van der Waals surface area contributed by atoms with Gasteiger partial charge in [-0.1, -0.05) is 71.4 Å². The van der Waals surface area contributed by atoms with Crippen molar-refractivity contribution in [3.8, 4) is 0 Å². The molecule has 1 saturated carbocycles. The van der Waals surface area contributed by atoms with Crippen LogP contribution in [-0.2, 0) is 61.6 Å². The first kappa shape index (κ1) is 56.9. The minimum atomic E-state index is -1.80. The minimum Gasteiger partial charge on any atom is -0.462 e. The fourth-order valence-corrected chi connectivity index (χ4v) is 12.5. The van der Waals surface area contributed by atoms with E-state index in [1.165, 1.54) is 7.11 Å². The molecular formula is C54H84O19. The van der Waals surface area contributed by atoms with Gasteiger partial charge < -0.3 is 87.5 Å². The van der Waals surface area contributed by atoms with Gasteiger partial charge in [-0.15, -0.1) is 0 Å². The van der Waals surface area contributed by atoms with Crippen LogP contribution in [0.5, 0.6) is 0 Å². The molecule has 0 aromatic rings. The molecule has 73 heavy (non-hydrogen) atoms. The summed E-state index contributed by atoms with van der Waals surface area (Å²) in [6.07, 6.45) is -1.36. The summed E-state index contributed by atoms with van der Waals surface area (Å²) in [6.45, 7) is 15.5. The Balaban J connectivity index is 1.01. The van der Waals surface area contributed by atoms with Crippen LogP contribution in [-0.4, -0.2) is 192 Å². The maximum atomic E-state index is 14.5. The summed E-state index contributed by atoms with van der Waals surface area (Å²) >= 11 is 0. The molecule has 19 heteroatoms. The highest BCUT2D eigenvalue weighted by atomic mass is 16.8. The Bertz CT molecular complexity index is 1980. The lowest BCUT2D eigenvalue weighted by Gasteiger charge is -2.49. The lowest BCUT2D eigenvalue weighted by atomic mass is 9.66. The quantitative estimate of drug-likeness (QED) is 0.128. The zero-order chi connectivity index (χ0) is 52.7. The largest absolute Gasteiger partial charge is 0.462 e. The van der Waals surface area contributed by atoms with Crippen molar-refractivity contribution >= 4 is 5.97 Å². The molecule has 6 N–H and O–H groups in total. The summed E-state index contributed by atoms with van der Waals surface area (Å²) < 4.78 is 76.5. The Morgan fingerprint density at radius 2 is 1.47 bits per heavy atom. The average molecular weight is 1040 g/mol.